The van der Waals surface area contributed by atoms with Gasteiger partial charge in [0.25, 0.3) is 0 Å². The van der Waals surface area contributed by atoms with Crippen molar-refractivity contribution in [3.05, 3.63) is 29.8 Å². The molecule has 2 N–H and O–H groups in total. The van der Waals surface area contributed by atoms with Crippen molar-refractivity contribution in [3.8, 4) is 5.75 Å². The zero-order valence-corrected chi connectivity index (χ0v) is 10.4. The van der Waals surface area contributed by atoms with Crippen molar-refractivity contribution in [1.29, 1.82) is 0 Å². The smallest absolute Gasteiger partial charge is 0.119 e. The SMILES string of the molecule is COc1cccc([C@H](C)NCC(C)(C)O)c1. The fraction of sp³-hybridized carbons (Fsp3) is 0.538. The van der Waals surface area contributed by atoms with Gasteiger partial charge in [-0.25, -0.2) is 0 Å². The predicted molar refractivity (Wildman–Crippen MR) is 65.7 cm³/mol. The van der Waals surface area contributed by atoms with Crippen LogP contribution in [0, 0.1) is 0 Å². The third kappa shape index (κ3) is 4.21. The minimum atomic E-state index is -0.687. The highest BCUT2D eigenvalue weighted by Gasteiger charge is 2.14. The molecule has 0 bridgehead atoms. The number of nitrogens with one attached hydrogen (secondary N) is 1. The normalized spacial score (nSPS) is 13.6. The molecule has 1 aromatic rings. The fourth-order valence-corrected chi connectivity index (χ4v) is 1.43. The molecule has 0 unspecified atom stereocenters. The number of aliphatic hydroxyl groups is 1. The molecule has 0 aliphatic rings. The van der Waals surface area contributed by atoms with Gasteiger partial charge >= 0.3 is 0 Å². The van der Waals surface area contributed by atoms with E-state index in [1.165, 1.54) is 0 Å². The summed E-state index contributed by atoms with van der Waals surface area (Å²) in [6, 6.07) is 8.14. The molecule has 90 valence electrons. The summed E-state index contributed by atoms with van der Waals surface area (Å²) in [5, 5.41) is 12.9. The maximum atomic E-state index is 9.63. The van der Waals surface area contributed by atoms with Crippen LogP contribution in [0.15, 0.2) is 24.3 Å². The summed E-state index contributed by atoms with van der Waals surface area (Å²) in [6.07, 6.45) is 0. The molecule has 0 aliphatic heterocycles. The predicted octanol–water partition coefficient (Wildman–Crippen LogP) is 2.12. The first kappa shape index (κ1) is 13.0. The van der Waals surface area contributed by atoms with Crippen LogP contribution in [-0.4, -0.2) is 24.4 Å². The van der Waals surface area contributed by atoms with Gasteiger partial charge in [0.05, 0.1) is 12.7 Å². The molecular weight excluding hydrogens is 202 g/mol. The van der Waals surface area contributed by atoms with E-state index in [9.17, 15) is 5.11 Å². The number of methoxy groups -OCH3 is 1. The first-order chi connectivity index (χ1) is 7.42. The Kier molecular flexibility index (Phi) is 4.33. The minimum absolute atomic E-state index is 0.196. The second-order valence-corrected chi connectivity index (χ2v) is 4.69. The van der Waals surface area contributed by atoms with Crippen molar-refractivity contribution >= 4 is 0 Å². The van der Waals surface area contributed by atoms with E-state index < -0.39 is 5.60 Å². The molecule has 16 heavy (non-hydrogen) atoms. The number of hydrogen-bond donors (Lipinski definition) is 2. The summed E-state index contributed by atoms with van der Waals surface area (Å²) in [6.45, 7) is 6.21. The van der Waals surface area contributed by atoms with Gasteiger partial charge in [-0.1, -0.05) is 12.1 Å². The fourth-order valence-electron chi connectivity index (χ4n) is 1.43. The molecule has 0 amide bonds. The molecule has 1 rings (SSSR count). The Hall–Kier alpha value is -1.06. The lowest BCUT2D eigenvalue weighted by Gasteiger charge is -2.22. The number of rotatable bonds is 5. The van der Waals surface area contributed by atoms with E-state index in [2.05, 4.69) is 12.2 Å². The molecule has 0 spiro atoms. The van der Waals surface area contributed by atoms with E-state index in [1.807, 2.05) is 24.3 Å². The van der Waals surface area contributed by atoms with Gasteiger partial charge in [-0.2, -0.15) is 0 Å². The standard InChI is InChI=1S/C13H21NO2/c1-10(14-9-13(2,3)15)11-6-5-7-12(8-11)16-4/h5-8,10,14-15H,9H2,1-4H3/t10-/m0/s1. The van der Waals surface area contributed by atoms with Crippen molar-refractivity contribution in [2.24, 2.45) is 0 Å². The van der Waals surface area contributed by atoms with E-state index in [0.717, 1.165) is 11.3 Å². The van der Waals surface area contributed by atoms with Gasteiger partial charge in [-0.05, 0) is 38.5 Å². The molecule has 0 heterocycles. The Bertz CT molecular complexity index is 331. The maximum absolute atomic E-state index is 9.63. The lowest BCUT2D eigenvalue weighted by atomic mass is 10.1. The van der Waals surface area contributed by atoms with Crippen molar-refractivity contribution < 1.29 is 9.84 Å². The van der Waals surface area contributed by atoms with Gasteiger partial charge < -0.3 is 15.2 Å². The Labute approximate surface area is 97.4 Å². The topological polar surface area (TPSA) is 41.5 Å². The van der Waals surface area contributed by atoms with Gasteiger partial charge in [0, 0.05) is 12.6 Å². The summed E-state index contributed by atoms with van der Waals surface area (Å²) < 4.78 is 5.17. The van der Waals surface area contributed by atoms with Crippen LogP contribution in [0.4, 0.5) is 0 Å². The monoisotopic (exact) mass is 223 g/mol. The van der Waals surface area contributed by atoms with E-state index >= 15 is 0 Å². The highest BCUT2D eigenvalue weighted by atomic mass is 16.5. The largest absolute Gasteiger partial charge is 0.497 e. The second kappa shape index (κ2) is 5.32. The molecule has 0 aliphatic carbocycles. The van der Waals surface area contributed by atoms with Crippen LogP contribution in [0.25, 0.3) is 0 Å². The average molecular weight is 223 g/mol. The van der Waals surface area contributed by atoms with E-state index in [4.69, 9.17) is 4.74 Å². The quantitative estimate of drug-likeness (QED) is 0.803. The van der Waals surface area contributed by atoms with Crippen LogP contribution in [0.2, 0.25) is 0 Å². The number of ether oxygens (including phenoxy) is 1. The lowest BCUT2D eigenvalue weighted by Crippen LogP contribution is -2.36. The molecule has 0 fully saturated rings. The third-order valence-corrected chi connectivity index (χ3v) is 2.43. The Balaban J connectivity index is 2.62. The summed E-state index contributed by atoms with van der Waals surface area (Å²) >= 11 is 0. The first-order valence-electron chi connectivity index (χ1n) is 5.52. The van der Waals surface area contributed by atoms with E-state index in [0.29, 0.717) is 6.54 Å². The minimum Gasteiger partial charge on any atom is -0.497 e. The van der Waals surface area contributed by atoms with Crippen molar-refractivity contribution in [1.82, 2.24) is 5.32 Å². The zero-order chi connectivity index (χ0) is 12.2. The molecule has 0 saturated carbocycles. The molecule has 0 saturated heterocycles. The van der Waals surface area contributed by atoms with Crippen LogP contribution in [-0.2, 0) is 0 Å². The van der Waals surface area contributed by atoms with Crippen LogP contribution < -0.4 is 10.1 Å². The number of hydrogen-bond acceptors (Lipinski definition) is 3. The van der Waals surface area contributed by atoms with Gasteiger partial charge in [0.1, 0.15) is 5.75 Å². The van der Waals surface area contributed by atoms with Crippen molar-refractivity contribution in [2.75, 3.05) is 13.7 Å². The number of benzene rings is 1. The molecule has 0 radical (unpaired) electrons. The van der Waals surface area contributed by atoms with Crippen LogP contribution in [0.5, 0.6) is 5.75 Å². The Morgan fingerprint density at radius 1 is 1.44 bits per heavy atom. The van der Waals surface area contributed by atoms with Crippen molar-refractivity contribution in [3.63, 3.8) is 0 Å². The first-order valence-corrected chi connectivity index (χ1v) is 5.52. The molecule has 0 aromatic heterocycles. The van der Waals surface area contributed by atoms with Crippen LogP contribution in [0.3, 0.4) is 0 Å². The summed E-state index contributed by atoms with van der Waals surface area (Å²) in [4.78, 5) is 0. The Morgan fingerprint density at radius 2 is 2.12 bits per heavy atom. The van der Waals surface area contributed by atoms with Crippen molar-refractivity contribution in [2.45, 2.75) is 32.4 Å². The molecule has 1 atom stereocenters. The van der Waals surface area contributed by atoms with Gasteiger partial charge in [-0.3, -0.25) is 0 Å². The Morgan fingerprint density at radius 3 is 2.69 bits per heavy atom. The lowest BCUT2D eigenvalue weighted by molar-refractivity contribution is 0.0770. The van der Waals surface area contributed by atoms with Crippen LogP contribution >= 0.6 is 0 Å². The average Bonchev–Trinajstić information content (AvgIpc) is 2.25. The summed E-state index contributed by atoms with van der Waals surface area (Å²) in [7, 11) is 1.66. The zero-order valence-electron chi connectivity index (χ0n) is 10.4. The third-order valence-electron chi connectivity index (χ3n) is 2.43. The molecular formula is C13H21NO2. The summed E-state index contributed by atoms with van der Waals surface area (Å²) in [5.74, 6) is 0.856. The second-order valence-electron chi connectivity index (χ2n) is 4.69. The molecule has 3 nitrogen and oxygen atoms in total. The molecule has 3 heteroatoms. The van der Waals surface area contributed by atoms with Gasteiger partial charge in [0.15, 0.2) is 0 Å². The highest BCUT2D eigenvalue weighted by Crippen LogP contribution is 2.18. The molecule has 1 aromatic carbocycles. The van der Waals surface area contributed by atoms with E-state index in [-0.39, 0.29) is 6.04 Å². The van der Waals surface area contributed by atoms with Gasteiger partial charge in [-0.15, -0.1) is 0 Å². The summed E-state index contributed by atoms with van der Waals surface area (Å²) in [5.41, 5.74) is 0.469. The maximum Gasteiger partial charge on any atom is 0.119 e. The van der Waals surface area contributed by atoms with Gasteiger partial charge in [0.2, 0.25) is 0 Å². The van der Waals surface area contributed by atoms with E-state index in [1.54, 1.807) is 21.0 Å². The highest BCUT2D eigenvalue weighted by molar-refractivity contribution is 5.30. The van der Waals surface area contributed by atoms with Crippen LogP contribution in [0.1, 0.15) is 32.4 Å².